The molecule has 1 aliphatic carbocycles. The average Bonchev–Trinajstić information content (AvgIpc) is 2.89. The zero-order chi connectivity index (χ0) is 17.4. The summed E-state index contributed by atoms with van der Waals surface area (Å²) >= 11 is 3.52. The van der Waals surface area contributed by atoms with Gasteiger partial charge in [0.05, 0.1) is 5.52 Å². The van der Waals surface area contributed by atoms with Crippen molar-refractivity contribution >= 4 is 32.8 Å². The van der Waals surface area contributed by atoms with Gasteiger partial charge in [0.2, 0.25) is 0 Å². The van der Waals surface area contributed by atoms with Crippen LogP contribution in [0.25, 0.3) is 16.9 Å². The van der Waals surface area contributed by atoms with Crippen molar-refractivity contribution in [2.24, 2.45) is 5.92 Å². The molecule has 0 bridgehead atoms. The molecule has 5 nitrogen and oxygen atoms in total. The highest BCUT2D eigenvalue weighted by Crippen LogP contribution is 2.26. The maximum Gasteiger partial charge on any atom is 0.334 e. The summed E-state index contributed by atoms with van der Waals surface area (Å²) < 4.78 is 4.74. The lowest BCUT2D eigenvalue weighted by molar-refractivity contribution is 0.205. The van der Waals surface area contributed by atoms with Gasteiger partial charge in [-0.25, -0.2) is 14.3 Å². The molecule has 4 rings (SSSR count). The van der Waals surface area contributed by atoms with Crippen LogP contribution in [0.15, 0.2) is 27.6 Å². The molecule has 134 valence electrons. The van der Waals surface area contributed by atoms with Gasteiger partial charge >= 0.3 is 5.69 Å². The lowest BCUT2D eigenvalue weighted by Crippen LogP contribution is -2.34. The van der Waals surface area contributed by atoms with E-state index in [1.165, 1.54) is 6.42 Å². The molecule has 2 aliphatic rings. The van der Waals surface area contributed by atoms with Gasteiger partial charge in [0.1, 0.15) is 0 Å². The molecular formula is C19H25BrN4O. The number of allylic oxidation sites excluding steroid dienone is 2. The molecule has 2 aromatic heterocycles. The number of hydrogen-bond donors (Lipinski definition) is 0. The van der Waals surface area contributed by atoms with Crippen molar-refractivity contribution < 1.29 is 0 Å². The van der Waals surface area contributed by atoms with Gasteiger partial charge in [-0.2, -0.15) is 0 Å². The number of rotatable bonds is 3. The molecule has 0 atom stereocenters. The standard InChI is InChI=1S/C19H25BrN4O/c1-22-9-7-14(8-10-22)13-23-17-11-15(20)12-21-18(17)24(19(23)25)16-5-3-2-4-6-16/h5,11-12,14H,2-4,6-10,13H2,1H3. The number of hydrogen-bond acceptors (Lipinski definition) is 3. The minimum absolute atomic E-state index is 0.0766. The lowest BCUT2D eigenvalue weighted by Gasteiger charge is -2.29. The molecule has 2 aromatic rings. The number of pyridine rings is 1. The molecule has 0 unspecified atom stereocenters. The summed E-state index contributed by atoms with van der Waals surface area (Å²) in [5.41, 5.74) is 2.95. The van der Waals surface area contributed by atoms with Gasteiger partial charge < -0.3 is 4.90 Å². The average molecular weight is 405 g/mol. The van der Waals surface area contributed by atoms with E-state index in [-0.39, 0.29) is 5.69 Å². The molecule has 1 fully saturated rings. The van der Waals surface area contributed by atoms with Gasteiger partial charge in [-0.15, -0.1) is 0 Å². The summed E-state index contributed by atoms with van der Waals surface area (Å²) in [6.45, 7) is 3.03. The molecule has 0 saturated carbocycles. The fourth-order valence-corrected chi connectivity index (χ4v) is 4.39. The van der Waals surface area contributed by atoms with Crippen LogP contribution in [0.4, 0.5) is 0 Å². The summed E-state index contributed by atoms with van der Waals surface area (Å²) in [4.78, 5) is 20.2. The Balaban J connectivity index is 1.78. The Morgan fingerprint density at radius 2 is 2.08 bits per heavy atom. The highest BCUT2D eigenvalue weighted by atomic mass is 79.9. The summed E-state index contributed by atoms with van der Waals surface area (Å²) in [6, 6.07) is 2.04. The lowest BCUT2D eigenvalue weighted by atomic mass is 9.97. The van der Waals surface area contributed by atoms with Crippen molar-refractivity contribution in [1.82, 2.24) is 19.0 Å². The van der Waals surface area contributed by atoms with Gasteiger partial charge in [0.25, 0.3) is 0 Å². The third-order valence-corrected chi connectivity index (χ3v) is 6.01. The molecule has 1 saturated heterocycles. The zero-order valence-corrected chi connectivity index (χ0v) is 16.3. The minimum atomic E-state index is 0.0766. The molecule has 1 aliphatic heterocycles. The van der Waals surface area contributed by atoms with Crippen molar-refractivity contribution in [1.29, 1.82) is 0 Å². The van der Waals surface area contributed by atoms with Gasteiger partial charge in [-0.3, -0.25) is 4.57 Å². The number of piperidine rings is 1. The van der Waals surface area contributed by atoms with Gasteiger partial charge in [-0.05, 0) is 86.6 Å². The largest absolute Gasteiger partial charge is 0.334 e. The summed E-state index contributed by atoms with van der Waals surface area (Å²) in [6.07, 6.45) is 10.7. The van der Waals surface area contributed by atoms with Crippen LogP contribution in [-0.2, 0) is 6.54 Å². The van der Waals surface area contributed by atoms with Gasteiger partial charge in [0.15, 0.2) is 5.65 Å². The number of imidazole rings is 1. The highest BCUT2D eigenvalue weighted by molar-refractivity contribution is 9.10. The molecule has 25 heavy (non-hydrogen) atoms. The predicted molar refractivity (Wildman–Crippen MR) is 105 cm³/mol. The Hall–Kier alpha value is -1.40. The van der Waals surface area contributed by atoms with Crippen LogP contribution < -0.4 is 5.69 Å². The van der Waals surface area contributed by atoms with E-state index in [4.69, 9.17) is 0 Å². The third-order valence-electron chi connectivity index (χ3n) is 5.57. The monoisotopic (exact) mass is 404 g/mol. The Kier molecular flexibility index (Phi) is 4.82. The van der Waals surface area contributed by atoms with E-state index in [2.05, 4.69) is 38.9 Å². The maximum atomic E-state index is 13.3. The first-order chi connectivity index (χ1) is 12.1. The second-order valence-electron chi connectivity index (χ2n) is 7.41. The number of aromatic nitrogens is 3. The normalized spacial score (nSPS) is 20.2. The van der Waals surface area contributed by atoms with Gasteiger partial charge in [0, 0.05) is 22.9 Å². The van der Waals surface area contributed by atoms with Crippen LogP contribution in [-0.4, -0.2) is 39.2 Å². The first-order valence-electron chi connectivity index (χ1n) is 9.28. The molecule has 3 heterocycles. The van der Waals surface area contributed by atoms with Gasteiger partial charge in [-0.1, -0.05) is 6.08 Å². The minimum Gasteiger partial charge on any atom is -0.306 e. The van der Waals surface area contributed by atoms with Crippen molar-refractivity contribution in [3.8, 4) is 0 Å². The Labute approximate surface area is 156 Å². The molecule has 0 amide bonds. The van der Waals surface area contributed by atoms with E-state index < -0.39 is 0 Å². The predicted octanol–water partition coefficient (Wildman–Crippen LogP) is 3.72. The fraction of sp³-hybridized carbons (Fsp3) is 0.579. The highest BCUT2D eigenvalue weighted by Gasteiger charge is 2.23. The van der Waals surface area contributed by atoms with Crippen molar-refractivity contribution in [2.45, 2.75) is 45.1 Å². The van der Waals surface area contributed by atoms with Crippen LogP contribution in [0.2, 0.25) is 0 Å². The molecule has 0 aromatic carbocycles. The molecule has 0 N–H and O–H groups in total. The molecule has 0 spiro atoms. The number of nitrogens with zero attached hydrogens (tertiary/aromatic N) is 4. The second-order valence-corrected chi connectivity index (χ2v) is 8.33. The van der Waals surface area contributed by atoms with E-state index in [0.717, 1.165) is 73.1 Å². The van der Waals surface area contributed by atoms with Crippen LogP contribution >= 0.6 is 15.9 Å². The summed E-state index contributed by atoms with van der Waals surface area (Å²) in [7, 11) is 2.17. The van der Waals surface area contributed by atoms with Crippen molar-refractivity contribution in [3.63, 3.8) is 0 Å². The van der Waals surface area contributed by atoms with Crippen LogP contribution in [0.1, 0.15) is 38.5 Å². The SMILES string of the molecule is CN1CCC(Cn2c(=O)n(C3=CCCCC3)c3ncc(Br)cc32)CC1. The zero-order valence-electron chi connectivity index (χ0n) is 14.7. The smallest absolute Gasteiger partial charge is 0.306 e. The Morgan fingerprint density at radius 3 is 2.80 bits per heavy atom. The summed E-state index contributed by atoms with van der Waals surface area (Å²) in [5, 5.41) is 0. The molecule has 0 radical (unpaired) electrons. The van der Waals surface area contributed by atoms with E-state index >= 15 is 0 Å². The second kappa shape index (κ2) is 7.08. The third kappa shape index (κ3) is 3.34. The quantitative estimate of drug-likeness (QED) is 0.782. The number of halogens is 1. The molecule has 6 heteroatoms. The van der Waals surface area contributed by atoms with Crippen LogP contribution in [0.3, 0.4) is 0 Å². The summed E-state index contributed by atoms with van der Waals surface area (Å²) in [5.74, 6) is 0.562. The van der Waals surface area contributed by atoms with Crippen molar-refractivity contribution in [2.75, 3.05) is 20.1 Å². The van der Waals surface area contributed by atoms with E-state index in [0.29, 0.717) is 5.92 Å². The van der Waals surface area contributed by atoms with E-state index in [9.17, 15) is 4.79 Å². The van der Waals surface area contributed by atoms with Crippen molar-refractivity contribution in [3.05, 3.63) is 33.3 Å². The topological polar surface area (TPSA) is 43.1 Å². The van der Waals surface area contributed by atoms with Crippen LogP contribution in [0, 0.1) is 5.92 Å². The first kappa shape index (κ1) is 17.0. The van der Waals surface area contributed by atoms with Crippen LogP contribution in [0.5, 0.6) is 0 Å². The van der Waals surface area contributed by atoms with E-state index in [1.54, 1.807) is 6.20 Å². The maximum absolute atomic E-state index is 13.3. The van der Waals surface area contributed by atoms with E-state index in [1.807, 2.05) is 15.2 Å². The number of likely N-dealkylation sites (tertiary alicyclic amines) is 1. The molecular weight excluding hydrogens is 380 g/mol. The Bertz CT molecular complexity index is 858. The fourth-order valence-electron chi connectivity index (χ4n) is 4.07. The first-order valence-corrected chi connectivity index (χ1v) is 10.1. The number of fused-ring (bicyclic) bond motifs is 1. The Morgan fingerprint density at radius 1 is 1.28 bits per heavy atom.